The normalized spacial score (nSPS) is 19.6. The Kier molecular flexibility index (Phi) is 6.30. The van der Waals surface area contributed by atoms with Crippen LogP contribution in [-0.4, -0.2) is 39.4 Å². The van der Waals surface area contributed by atoms with Gasteiger partial charge in [0.05, 0.1) is 22.6 Å². The summed E-state index contributed by atoms with van der Waals surface area (Å²) >= 11 is 5.93. The summed E-state index contributed by atoms with van der Waals surface area (Å²) in [7, 11) is 0. The molecule has 2 amide bonds. The second kappa shape index (κ2) is 8.79. The van der Waals surface area contributed by atoms with Gasteiger partial charge in [0.25, 0.3) is 5.69 Å². The third kappa shape index (κ3) is 4.47. The van der Waals surface area contributed by atoms with E-state index in [1.807, 2.05) is 0 Å². The Morgan fingerprint density at radius 2 is 2.12 bits per heavy atom. The molecule has 168 valence electrons. The number of aliphatic imine (C=N–C) groups is 1. The Morgan fingerprint density at radius 1 is 1.41 bits per heavy atom. The van der Waals surface area contributed by atoms with Gasteiger partial charge >= 0.3 is 6.09 Å². The van der Waals surface area contributed by atoms with E-state index in [4.69, 9.17) is 16.7 Å². The molecular formula is C20H19ClFN5O5. The van der Waals surface area contributed by atoms with E-state index in [9.17, 15) is 19.7 Å². The highest BCUT2D eigenvalue weighted by Crippen LogP contribution is 2.36. The molecule has 1 fully saturated rings. The number of guanidine groups is 1. The molecule has 2 aromatic rings. The Bertz CT molecular complexity index is 1140. The molecule has 2 aromatic carbocycles. The first-order chi connectivity index (χ1) is 15.1. The van der Waals surface area contributed by atoms with E-state index in [0.29, 0.717) is 0 Å². The fraction of sp³-hybridized carbons (Fsp3) is 0.250. The van der Waals surface area contributed by atoms with Gasteiger partial charge in [-0.25, -0.2) is 9.18 Å². The number of nitrogens with one attached hydrogen (secondary N) is 2. The highest BCUT2D eigenvalue weighted by Gasteiger charge is 2.41. The molecule has 0 aliphatic carbocycles. The molecule has 3 rings (SSSR count). The van der Waals surface area contributed by atoms with Gasteiger partial charge in [0.1, 0.15) is 5.69 Å². The highest BCUT2D eigenvalue weighted by atomic mass is 35.5. The fourth-order valence-electron chi connectivity index (χ4n) is 3.51. The van der Waals surface area contributed by atoms with Crippen LogP contribution < -0.4 is 10.6 Å². The third-order valence-electron chi connectivity index (χ3n) is 4.98. The molecule has 32 heavy (non-hydrogen) atoms. The number of hydrogen-bond donors (Lipinski definition) is 3. The molecule has 0 unspecified atom stereocenters. The maximum absolute atomic E-state index is 15.5. The van der Waals surface area contributed by atoms with Gasteiger partial charge in [0.15, 0.2) is 5.82 Å². The van der Waals surface area contributed by atoms with E-state index in [1.54, 1.807) is 13.8 Å². The van der Waals surface area contributed by atoms with E-state index in [2.05, 4.69) is 15.6 Å². The lowest BCUT2D eigenvalue weighted by Crippen LogP contribution is -2.60. The van der Waals surface area contributed by atoms with E-state index in [1.165, 1.54) is 36.4 Å². The van der Waals surface area contributed by atoms with Crippen molar-refractivity contribution < 1.29 is 24.0 Å². The van der Waals surface area contributed by atoms with Crippen LogP contribution in [-0.2, 0) is 10.3 Å². The Balaban J connectivity index is 2.03. The molecule has 3 N–H and O–H groups in total. The lowest BCUT2D eigenvalue weighted by atomic mass is 9.85. The predicted octanol–water partition coefficient (Wildman–Crippen LogP) is 4.22. The van der Waals surface area contributed by atoms with Gasteiger partial charge < -0.3 is 15.7 Å². The van der Waals surface area contributed by atoms with E-state index >= 15 is 4.39 Å². The Labute approximate surface area is 186 Å². The van der Waals surface area contributed by atoms with E-state index < -0.39 is 28.3 Å². The first kappa shape index (κ1) is 22.9. The summed E-state index contributed by atoms with van der Waals surface area (Å²) in [5.41, 5.74) is -1.67. The predicted molar refractivity (Wildman–Crippen MR) is 116 cm³/mol. The third-order valence-corrected chi connectivity index (χ3v) is 5.22. The number of rotatable bonds is 5. The fourth-order valence-corrected chi connectivity index (χ4v) is 3.68. The molecule has 0 bridgehead atoms. The van der Waals surface area contributed by atoms with Gasteiger partial charge in [-0.3, -0.25) is 19.8 Å². The number of nitro benzene ring substituents is 1. The summed E-state index contributed by atoms with van der Waals surface area (Å²) in [5.74, 6) is -1.41. The van der Waals surface area contributed by atoms with Crippen molar-refractivity contribution in [2.75, 3.05) is 11.9 Å². The number of carbonyl (C=O) groups is 2. The molecule has 0 aromatic heterocycles. The number of halogens is 2. The average molecular weight is 464 g/mol. The van der Waals surface area contributed by atoms with Crippen molar-refractivity contribution in [1.29, 1.82) is 0 Å². The maximum Gasteiger partial charge on any atom is 0.434 e. The average Bonchev–Trinajstić information content (AvgIpc) is 2.68. The van der Waals surface area contributed by atoms with Crippen LogP contribution in [0.3, 0.4) is 0 Å². The molecular weight excluding hydrogens is 445 g/mol. The SMILES string of the molecule is CCN1C(=O)C[C@@](C)(c2cccc(Nc3cc(Cl)ccc3[N+](=O)[O-])c2F)N/C1=N\C(=O)O. The minimum absolute atomic E-state index is 0.0123. The smallest absolute Gasteiger partial charge is 0.434 e. The molecule has 1 atom stereocenters. The molecule has 0 radical (unpaired) electrons. The van der Waals surface area contributed by atoms with Crippen molar-refractivity contribution in [3.05, 3.63) is 62.9 Å². The van der Waals surface area contributed by atoms with Gasteiger partial charge in [0, 0.05) is 23.2 Å². The zero-order chi connectivity index (χ0) is 23.6. The number of nitro groups is 1. The molecule has 1 aliphatic heterocycles. The Hall–Kier alpha value is -3.73. The second-order valence-electron chi connectivity index (χ2n) is 7.20. The second-order valence-corrected chi connectivity index (χ2v) is 7.64. The topological polar surface area (TPSA) is 137 Å². The number of hydrogen-bond acceptors (Lipinski definition) is 5. The molecule has 1 heterocycles. The van der Waals surface area contributed by atoms with Crippen LogP contribution in [0.5, 0.6) is 0 Å². The number of carboxylic acid groups (broad SMARTS) is 1. The van der Waals surface area contributed by atoms with Crippen molar-refractivity contribution in [1.82, 2.24) is 10.2 Å². The summed E-state index contributed by atoms with van der Waals surface area (Å²) in [4.78, 5) is 39.0. The Morgan fingerprint density at radius 3 is 2.75 bits per heavy atom. The monoisotopic (exact) mass is 463 g/mol. The van der Waals surface area contributed by atoms with Crippen molar-refractivity contribution in [3.63, 3.8) is 0 Å². The van der Waals surface area contributed by atoms with E-state index in [-0.39, 0.29) is 46.6 Å². The van der Waals surface area contributed by atoms with Crippen LogP contribution in [0.1, 0.15) is 25.8 Å². The van der Waals surface area contributed by atoms with Crippen LogP contribution in [0.2, 0.25) is 5.02 Å². The zero-order valence-electron chi connectivity index (χ0n) is 17.1. The standard InChI is InChI=1S/C20H19ClFN5O5/c1-3-26-16(28)10-20(2,25-18(26)24-19(29)30)12-5-4-6-13(17(12)22)23-14-9-11(21)7-8-15(14)27(31)32/h4-9,23H,3,10H2,1-2H3,(H,24,25)(H,29,30)/t20-/m0/s1. The van der Waals surface area contributed by atoms with Crippen LogP contribution in [0.25, 0.3) is 0 Å². The van der Waals surface area contributed by atoms with Gasteiger partial charge in [-0.2, -0.15) is 0 Å². The summed E-state index contributed by atoms with van der Waals surface area (Å²) in [6.45, 7) is 3.37. The lowest BCUT2D eigenvalue weighted by Gasteiger charge is -2.41. The van der Waals surface area contributed by atoms with Crippen molar-refractivity contribution in [2.45, 2.75) is 25.8 Å². The van der Waals surface area contributed by atoms with Crippen LogP contribution in [0, 0.1) is 15.9 Å². The van der Waals surface area contributed by atoms with E-state index in [0.717, 1.165) is 4.90 Å². The van der Waals surface area contributed by atoms with Crippen LogP contribution in [0.15, 0.2) is 41.4 Å². The largest absolute Gasteiger partial charge is 0.463 e. The van der Waals surface area contributed by atoms with Gasteiger partial charge in [-0.1, -0.05) is 23.7 Å². The summed E-state index contributed by atoms with van der Waals surface area (Å²) in [5, 5.41) is 26.1. The number of benzene rings is 2. The summed E-state index contributed by atoms with van der Waals surface area (Å²) < 4.78 is 15.5. The first-order valence-electron chi connectivity index (χ1n) is 9.46. The maximum atomic E-state index is 15.5. The molecule has 10 nitrogen and oxygen atoms in total. The van der Waals surface area contributed by atoms with Gasteiger partial charge in [-0.05, 0) is 32.0 Å². The van der Waals surface area contributed by atoms with Crippen LogP contribution in [0.4, 0.5) is 26.2 Å². The number of carbonyl (C=O) groups excluding carboxylic acids is 1. The number of amides is 2. The summed E-state index contributed by atoms with van der Waals surface area (Å²) in [6.07, 6.45) is -1.68. The first-order valence-corrected chi connectivity index (χ1v) is 9.83. The molecule has 1 aliphatic rings. The molecule has 12 heteroatoms. The lowest BCUT2D eigenvalue weighted by molar-refractivity contribution is -0.383. The van der Waals surface area contributed by atoms with Gasteiger partial charge in [-0.15, -0.1) is 4.99 Å². The molecule has 0 saturated carbocycles. The number of anilines is 2. The minimum Gasteiger partial charge on any atom is -0.463 e. The highest BCUT2D eigenvalue weighted by molar-refractivity contribution is 6.31. The molecule has 1 saturated heterocycles. The van der Waals surface area contributed by atoms with Crippen molar-refractivity contribution >= 4 is 46.6 Å². The van der Waals surface area contributed by atoms with Crippen LogP contribution >= 0.6 is 11.6 Å². The number of nitrogens with zero attached hydrogens (tertiary/aromatic N) is 3. The van der Waals surface area contributed by atoms with Crippen molar-refractivity contribution in [3.8, 4) is 0 Å². The zero-order valence-corrected chi connectivity index (χ0v) is 17.8. The quantitative estimate of drug-likeness (QED) is 0.445. The summed E-state index contributed by atoms with van der Waals surface area (Å²) in [6, 6.07) is 8.17. The molecule has 0 spiro atoms. The van der Waals surface area contributed by atoms with Gasteiger partial charge in [0.2, 0.25) is 11.9 Å². The van der Waals surface area contributed by atoms with Crippen molar-refractivity contribution in [2.24, 2.45) is 4.99 Å². The minimum atomic E-state index is -1.51.